The molecule has 116 valence electrons. The number of amides is 1. The molecule has 1 atom stereocenters. The van der Waals surface area contributed by atoms with Gasteiger partial charge in [-0.2, -0.15) is 0 Å². The molecule has 0 bridgehead atoms. The van der Waals surface area contributed by atoms with Gasteiger partial charge >= 0.3 is 6.09 Å². The van der Waals surface area contributed by atoms with Gasteiger partial charge in [-0.3, -0.25) is 4.90 Å². The molecule has 1 aliphatic heterocycles. The molecule has 0 aromatic rings. The first-order valence-corrected chi connectivity index (χ1v) is 7.36. The fourth-order valence-corrected chi connectivity index (χ4v) is 2.82. The predicted molar refractivity (Wildman–Crippen MR) is 75.3 cm³/mol. The average Bonchev–Trinajstić information content (AvgIpc) is 2.97. The van der Waals surface area contributed by atoms with E-state index < -0.39 is 11.3 Å². The van der Waals surface area contributed by atoms with E-state index in [1.807, 2.05) is 34.6 Å². The van der Waals surface area contributed by atoms with E-state index in [1.165, 1.54) is 0 Å². The predicted octanol–water partition coefficient (Wildman–Crippen LogP) is 2.52. The van der Waals surface area contributed by atoms with Crippen molar-refractivity contribution in [1.82, 2.24) is 4.90 Å². The summed E-state index contributed by atoms with van der Waals surface area (Å²) in [6, 6.07) is -0.0190. The maximum absolute atomic E-state index is 12.4. The number of carbonyl (C=O) groups excluding carboxylic acids is 1. The van der Waals surface area contributed by atoms with Crippen LogP contribution in [0.5, 0.6) is 0 Å². The zero-order valence-electron chi connectivity index (χ0n) is 13.2. The van der Waals surface area contributed by atoms with Gasteiger partial charge in [0.25, 0.3) is 0 Å². The smallest absolute Gasteiger partial charge is 0.412 e. The van der Waals surface area contributed by atoms with Crippen LogP contribution in [0.15, 0.2) is 0 Å². The van der Waals surface area contributed by atoms with E-state index in [0.29, 0.717) is 6.61 Å². The van der Waals surface area contributed by atoms with E-state index in [2.05, 4.69) is 0 Å². The Morgan fingerprint density at radius 3 is 2.45 bits per heavy atom. The zero-order chi connectivity index (χ0) is 15.2. The molecule has 1 heterocycles. The highest BCUT2D eigenvalue weighted by atomic mass is 16.6. The standard InChI is InChI=1S/C15H27NO4/c1-13(2,3)20-12(18)16-11(9-19-14(16,4)5)8-15(10-17)6-7-15/h11,17H,6-10H2,1-5H3. The number of hydrogen-bond acceptors (Lipinski definition) is 4. The number of carbonyl (C=O) groups is 1. The highest BCUT2D eigenvalue weighted by molar-refractivity contribution is 5.69. The highest BCUT2D eigenvalue weighted by Crippen LogP contribution is 2.51. The molecule has 5 nitrogen and oxygen atoms in total. The Kier molecular flexibility index (Phi) is 3.80. The molecule has 20 heavy (non-hydrogen) atoms. The molecule has 2 aliphatic rings. The van der Waals surface area contributed by atoms with Crippen LogP contribution in [0.4, 0.5) is 4.79 Å². The number of hydrogen-bond donors (Lipinski definition) is 1. The second kappa shape index (κ2) is 4.88. The molecule has 1 saturated carbocycles. The lowest BCUT2D eigenvalue weighted by Crippen LogP contribution is -2.50. The van der Waals surface area contributed by atoms with Gasteiger partial charge < -0.3 is 14.6 Å². The van der Waals surface area contributed by atoms with Crippen molar-refractivity contribution >= 4 is 6.09 Å². The highest BCUT2D eigenvalue weighted by Gasteiger charge is 2.51. The third-order valence-corrected chi connectivity index (χ3v) is 4.13. The van der Waals surface area contributed by atoms with E-state index >= 15 is 0 Å². The second-order valence-electron chi connectivity index (χ2n) is 7.62. The second-order valence-corrected chi connectivity index (χ2v) is 7.62. The monoisotopic (exact) mass is 285 g/mol. The summed E-state index contributed by atoms with van der Waals surface area (Å²) in [6.45, 7) is 10.0. The fourth-order valence-electron chi connectivity index (χ4n) is 2.82. The molecule has 2 rings (SSSR count). The Bertz CT molecular complexity index is 382. The molecule has 0 radical (unpaired) electrons. The van der Waals surface area contributed by atoms with Crippen molar-refractivity contribution in [2.24, 2.45) is 5.41 Å². The first-order chi connectivity index (χ1) is 9.09. The largest absolute Gasteiger partial charge is 0.444 e. The molecule has 1 saturated heterocycles. The van der Waals surface area contributed by atoms with Crippen LogP contribution in [-0.4, -0.2) is 46.7 Å². The van der Waals surface area contributed by atoms with Crippen molar-refractivity contribution in [3.63, 3.8) is 0 Å². The van der Waals surface area contributed by atoms with E-state index in [-0.39, 0.29) is 24.2 Å². The van der Waals surface area contributed by atoms with Gasteiger partial charge in [0, 0.05) is 6.61 Å². The van der Waals surface area contributed by atoms with Crippen LogP contribution >= 0.6 is 0 Å². The number of aliphatic hydroxyl groups is 1. The number of aliphatic hydroxyl groups excluding tert-OH is 1. The summed E-state index contributed by atoms with van der Waals surface area (Å²) >= 11 is 0. The molecule has 1 aliphatic carbocycles. The number of rotatable bonds is 3. The van der Waals surface area contributed by atoms with Gasteiger partial charge in [-0.05, 0) is 59.3 Å². The van der Waals surface area contributed by atoms with Crippen LogP contribution in [0, 0.1) is 5.41 Å². The van der Waals surface area contributed by atoms with Gasteiger partial charge in [0.15, 0.2) is 0 Å². The van der Waals surface area contributed by atoms with Gasteiger partial charge in [0.05, 0.1) is 12.6 Å². The lowest BCUT2D eigenvalue weighted by atomic mass is 9.97. The van der Waals surface area contributed by atoms with Gasteiger partial charge in [0.1, 0.15) is 11.3 Å². The summed E-state index contributed by atoms with van der Waals surface area (Å²) in [5, 5.41) is 9.48. The molecule has 0 aromatic heterocycles. The Labute approximate surface area is 121 Å². The van der Waals surface area contributed by atoms with Crippen molar-refractivity contribution in [2.75, 3.05) is 13.2 Å². The van der Waals surface area contributed by atoms with Crippen molar-refractivity contribution in [2.45, 2.75) is 71.2 Å². The van der Waals surface area contributed by atoms with Crippen molar-refractivity contribution in [1.29, 1.82) is 0 Å². The molecule has 1 amide bonds. The first kappa shape index (κ1) is 15.6. The summed E-state index contributed by atoms with van der Waals surface area (Å²) in [7, 11) is 0. The first-order valence-electron chi connectivity index (χ1n) is 7.36. The molecule has 0 aromatic carbocycles. The summed E-state index contributed by atoms with van der Waals surface area (Å²) in [5.74, 6) is 0. The van der Waals surface area contributed by atoms with Crippen LogP contribution in [0.1, 0.15) is 53.9 Å². The minimum Gasteiger partial charge on any atom is -0.444 e. The number of ether oxygens (including phenoxy) is 2. The summed E-state index contributed by atoms with van der Waals surface area (Å²) < 4.78 is 11.3. The van der Waals surface area contributed by atoms with Crippen molar-refractivity contribution in [3.8, 4) is 0 Å². The number of nitrogens with zero attached hydrogens (tertiary/aromatic N) is 1. The van der Waals surface area contributed by atoms with E-state index in [0.717, 1.165) is 19.3 Å². The molecule has 5 heteroatoms. The summed E-state index contributed by atoms with van der Waals surface area (Å²) in [4.78, 5) is 14.1. The van der Waals surface area contributed by atoms with Crippen LogP contribution in [0.25, 0.3) is 0 Å². The van der Waals surface area contributed by atoms with Crippen molar-refractivity contribution in [3.05, 3.63) is 0 Å². The molecular formula is C15H27NO4. The lowest BCUT2D eigenvalue weighted by molar-refractivity contribution is -0.0634. The average molecular weight is 285 g/mol. The van der Waals surface area contributed by atoms with Crippen LogP contribution in [-0.2, 0) is 9.47 Å². The van der Waals surface area contributed by atoms with E-state index in [9.17, 15) is 9.90 Å². The van der Waals surface area contributed by atoms with E-state index in [1.54, 1.807) is 4.90 Å². The maximum Gasteiger partial charge on any atom is 0.412 e. The molecule has 1 N–H and O–H groups in total. The van der Waals surface area contributed by atoms with Gasteiger partial charge in [-0.15, -0.1) is 0 Å². The maximum atomic E-state index is 12.4. The quantitative estimate of drug-likeness (QED) is 0.865. The molecule has 2 fully saturated rings. The minimum atomic E-state index is -0.654. The minimum absolute atomic E-state index is 0.00525. The normalized spacial score (nSPS) is 27.5. The van der Waals surface area contributed by atoms with Crippen LogP contribution in [0.2, 0.25) is 0 Å². The van der Waals surface area contributed by atoms with Gasteiger partial charge in [-0.25, -0.2) is 4.79 Å². The Hall–Kier alpha value is -0.810. The Morgan fingerprint density at radius 2 is 2.00 bits per heavy atom. The Morgan fingerprint density at radius 1 is 1.40 bits per heavy atom. The van der Waals surface area contributed by atoms with E-state index in [4.69, 9.17) is 9.47 Å². The van der Waals surface area contributed by atoms with Crippen LogP contribution < -0.4 is 0 Å². The SMILES string of the molecule is CC(C)(C)OC(=O)N1C(CC2(CO)CC2)COC1(C)C. The molecule has 1 unspecified atom stereocenters. The summed E-state index contributed by atoms with van der Waals surface area (Å²) in [5.41, 5.74) is -1.18. The fraction of sp³-hybridized carbons (Fsp3) is 0.933. The van der Waals surface area contributed by atoms with Crippen molar-refractivity contribution < 1.29 is 19.4 Å². The Balaban J connectivity index is 2.10. The lowest BCUT2D eigenvalue weighted by Gasteiger charge is -2.36. The summed E-state index contributed by atoms with van der Waals surface area (Å²) in [6.07, 6.45) is 2.51. The van der Waals surface area contributed by atoms with Gasteiger partial charge in [-0.1, -0.05) is 0 Å². The third kappa shape index (κ3) is 3.26. The topological polar surface area (TPSA) is 59.0 Å². The zero-order valence-corrected chi connectivity index (χ0v) is 13.2. The molecular weight excluding hydrogens is 258 g/mol. The van der Waals surface area contributed by atoms with Crippen LogP contribution in [0.3, 0.4) is 0 Å². The third-order valence-electron chi connectivity index (χ3n) is 4.13. The van der Waals surface area contributed by atoms with Gasteiger partial charge in [0.2, 0.25) is 0 Å². The molecule has 0 spiro atoms.